The summed E-state index contributed by atoms with van der Waals surface area (Å²) in [5.74, 6) is -0.268. The quantitative estimate of drug-likeness (QED) is 0.0644. The van der Waals surface area contributed by atoms with Gasteiger partial charge in [0.15, 0.2) is 0 Å². The molecule has 0 radical (unpaired) electrons. The Morgan fingerprint density at radius 1 is 1.05 bits per heavy atom. The third kappa shape index (κ3) is 6.41. The molecule has 0 saturated heterocycles. The maximum Gasteiger partial charge on any atom is 0.141 e. The van der Waals surface area contributed by atoms with E-state index in [1.165, 1.54) is 0 Å². The minimum atomic E-state index is -2.11. The van der Waals surface area contributed by atoms with Crippen molar-refractivity contribution < 1.29 is 35.6 Å². The largest absolute Gasteiger partial charge is 0.409 e. The molecule has 0 bridgehead atoms. The van der Waals surface area contributed by atoms with E-state index in [4.69, 9.17) is 31.7 Å². The average Bonchev–Trinajstić information content (AvgIpc) is 2.54. The van der Waals surface area contributed by atoms with E-state index >= 15 is 0 Å². The summed E-state index contributed by atoms with van der Waals surface area (Å²) in [6.07, 6.45) is -3.48. The van der Waals surface area contributed by atoms with Crippen molar-refractivity contribution in [2.45, 2.75) is 37.1 Å². The molecule has 0 aromatic rings. The normalized spacial score (nSPS) is 18.7. The van der Waals surface area contributed by atoms with Crippen LogP contribution in [0.1, 0.15) is 19.3 Å². The molecule has 0 aliphatic heterocycles. The van der Waals surface area contributed by atoms with Crippen molar-refractivity contribution in [1.29, 1.82) is 0 Å². The maximum absolute atomic E-state index is 10.3. The van der Waals surface area contributed by atoms with E-state index < -0.39 is 24.4 Å². The van der Waals surface area contributed by atoms with Crippen LogP contribution >= 0.6 is 0 Å². The molecule has 0 rings (SSSR count). The van der Waals surface area contributed by atoms with Crippen molar-refractivity contribution in [2.75, 3.05) is 19.8 Å². The Hall–Kier alpha value is -1.66. The van der Waals surface area contributed by atoms with Crippen LogP contribution in [0.5, 0.6) is 0 Å². The predicted molar refractivity (Wildman–Crippen MR) is 75.5 cm³/mol. The molecular weight excluding hydrogens is 300 g/mol. The lowest BCUT2D eigenvalue weighted by molar-refractivity contribution is -0.175. The van der Waals surface area contributed by atoms with Crippen LogP contribution in [0.3, 0.4) is 0 Å². The van der Waals surface area contributed by atoms with Gasteiger partial charge in [-0.3, -0.25) is 0 Å². The van der Waals surface area contributed by atoms with Crippen LogP contribution in [0.2, 0.25) is 0 Å². The third-order valence-corrected chi connectivity index (χ3v) is 3.14. The third-order valence-electron chi connectivity index (χ3n) is 3.14. The van der Waals surface area contributed by atoms with Crippen LogP contribution in [-0.4, -0.2) is 80.1 Å². The first-order valence-electron chi connectivity index (χ1n) is 6.51. The molecule has 0 heterocycles. The fourth-order valence-corrected chi connectivity index (χ4v) is 1.66. The van der Waals surface area contributed by atoms with Crippen LogP contribution in [0.25, 0.3) is 0 Å². The predicted octanol–water partition coefficient (Wildman–Crippen LogP) is -2.89. The second kappa shape index (κ2) is 10.1. The summed E-state index contributed by atoms with van der Waals surface area (Å²) in [6, 6.07) is 0. The van der Waals surface area contributed by atoms with Crippen molar-refractivity contribution in [3.63, 3.8) is 0 Å². The van der Waals surface area contributed by atoms with E-state index in [0.717, 1.165) is 0 Å². The highest BCUT2D eigenvalue weighted by molar-refractivity contribution is 5.79. The van der Waals surface area contributed by atoms with Gasteiger partial charge in [-0.2, -0.15) is 0 Å². The summed E-state index contributed by atoms with van der Waals surface area (Å²) in [6.45, 7) is -1.16. The molecule has 11 heteroatoms. The van der Waals surface area contributed by atoms with Gasteiger partial charge >= 0.3 is 0 Å². The SMILES string of the molecule is NC(CCOCC(O)C(O)(CCC(N)=NO)C(O)CO)=NO. The lowest BCUT2D eigenvalue weighted by Gasteiger charge is -2.36. The lowest BCUT2D eigenvalue weighted by atomic mass is 9.86. The van der Waals surface area contributed by atoms with Gasteiger partial charge in [0.2, 0.25) is 0 Å². The Balaban J connectivity index is 4.59. The van der Waals surface area contributed by atoms with Crippen molar-refractivity contribution in [1.82, 2.24) is 0 Å². The number of amidine groups is 2. The van der Waals surface area contributed by atoms with Gasteiger partial charge < -0.3 is 47.0 Å². The first-order valence-corrected chi connectivity index (χ1v) is 6.51. The fraction of sp³-hybridized carbons (Fsp3) is 0.818. The van der Waals surface area contributed by atoms with Crippen molar-refractivity contribution in [3.05, 3.63) is 0 Å². The highest BCUT2D eigenvalue weighted by atomic mass is 16.5. The van der Waals surface area contributed by atoms with Gasteiger partial charge in [-0.15, -0.1) is 0 Å². The minimum Gasteiger partial charge on any atom is -0.409 e. The molecule has 11 nitrogen and oxygen atoms in total. The molecule has 0 amide bonds. The number of hydrogen-bond donors (Lipinski definition) is 8. The Bertz CT molecular complexity index is 379. The van der Waals surface area contributed by atoms with Crippen LogP contribution in [0, 0.1) is 0 Å². The van der Waals surface area contributed by atoms with Crippen molar-refractivity contribution in [3.8, 4) is 0 Å². The summed E-state index contributed by atoms with van der Waals surface area (Å²) in [7, 11) is 0. The monoisotopic (exact) mass is 324 g/mol. The highest BCUT2D eigenvalue weighted by Crippen LogP contribution is 2.23. The summed E-state index contributed by atoms with van der Waals surface area (Å²) >= 11 is 0. The smallest absolute Gasteiger partial charge is 0.141 e. The number of ether oxygens (including phenoxy) is 1. The Labute approximate surface area is 127 Å². The van der Waals surface area contributed by atoms with Crippen molar-refractivity contribution in [2.24, 2.45) is 21.8 Å². The van der Waals surface area contributed by atoms with E-state index in [1.807, 2.05) is 0 Å². The zero-order valence-electron chi connectivity index (χ0n) is 12.0. The van der Waals surface area contributed by atoms with E-state index in [-0.39, 0.29) is 44.1 Å². The molecule has 0 aromatic carbocycles. The number of aliphatic hydroxyl groups excluding tert-OH is 3. The molecule has 0 spiro atoms. The van der Waals surface area contributed by atoms with Gasteiger partial charge in [0, 0.05) is 12.8 Å². The van der Waals surface area contributed by atoms with E-state index in [2.05, 4.69) is 10.3 Å². The molecule has 0 aliphatic carbocycles. The van der Waals surface area contributed by atoms with E-state index in [0.29, 0.717) is 0 Å². The second-order valence-electron chi connectivity index (χ2n) is 4.71. The topological polar surface area (TPSA) is 207 Å². The molecule has 0 aromatic heterocycles. The molecule has 3 unspecified atom stereocenters. The van der Waals surface area contributed by atoms with Gasteiger partial charge in [-0.05, 0) is 6.42 Å². The summed E-state index contributed by atoms with van der Waals surface area (Å²) in [5.41, 5.74) is 8.39. The van der Waals surface area contributed by atoms with Gasteiger partial charge in [-0.1, -0.05) is 10.3 Å². The maximum atomic E-state index is 10.3. The minimum absolute atomic E-state index is 0.0124. The van der Waals surface area contributed by atoms with Crippen LogP contribution < -0.4 is 11.5 Å². The first kappa shape index (κ1) is 20.3. The Kier molecular flexibility index (Phi) is 9.37. The molecule has 0 fully saturated rings. The number of oxime groups is 2. The van der Waals surface area contributed by atoms with Gasteiger partial charge in [0.25, 0.3) is 0 Å². The number of nitrogens with two attached hydrogens (primary N) is 2. The molecule has 0 saturated carbocycles. The zero-order valence-corrected chi connectivity index (χ0v) is 12.0. The van der Waals surface area contributed by atoms with Gasteiger partial charge in [-0.25, -0.2) is 0 Å². The first-order chi connectivity index (χ1) is 10.3. The summed E-state index contributed by atoms with van der Waals surface area (Å²) < 4.78 is 5.06. The lowest BCUT2D eigenvalue weighted by Crippen LogP contribution is -2.55. The van der Waals surface area contributed by atoms with Crippen LogP contribution in [0.15, 0.2) is 10.3 Å². The zero-order chi connectivity index (χ0) is 17.2. The van der Waals surface area contributed by atoms with E-state index in [1.54, 1.807) is 0 Å². The van der Waals surface area contributed by atoms with Gasteiger partial charge in [0.05, 0.1) is 19.8 Å². The number of rotatable bonds is 11. The standard InChI is InChI=1S/C11H24N4O7/c12-9(14-20)1-3-11(19,7(17)5-16)8(18)6-22-4-2-10(13)15-21/h7-8,16-21H,1-6H2,(H2,12,14)(H2,13,15). The van der Waals surface area contributed by atoms with Gasteiger partial charge in [0.1, 0.15) is 29.5 Å². The summed E-state index contributed by atoms with van der Waals surface area (Å²) in [5, 5.41) is 61.2. The average molecular weight is 324 g/mol. The van der Waals surface area contributed by atoms with Crippen molar-refractivity contribution >= 4 is 11.7 Å². The van der Waals surface area contributed by atoms with E-state index in [9.17, 15) is 15.3 Å². The second-order valence-corrected chi connectivity index (χ2v) is 4.71. The molecule has 22 heavy (non-hydrogen) atoms. The molecule has 0 aliphatic rings. The van der Waals surface area contributed by atoms with Crippen LogP contribution in [-0.2, 0) is 4.74 Å². The molecule has 3 atom stereocenters. The fourth-order valence-electron chi connectivity index (χ4n) is 1.66. The number of aliphatic hydroxyl groups is 4. The number of nitrogens with zero attached hydrogens (tertiary/aromatic N) is 2. The molecule has 130 valence electrons. The molecular formula is C11H24N4O7. The molecule has 10 N–H and O–H groups in total. The van der Waals surface area contributed by atoms with Crippen LogP contribution in [0.4, 0.5) is 0 Å². The summed E-state index contributed by atoms with van der Waals surface area (Å²) in [4.78, 5) is 0. The Morgan fingerprint density at radius 2 is 1.59 bits per heavy atom. The highest BCUT2D eigenvalue weighted by Gasteiger charge is 2.42. The number of hydrogen-bond acceptors (Lipinski definition) is 9. The Morgan fingerprint density at radius 3 is 2.09 bits per heavy atom.